The molecule has 0 unspecified atom stereocenters. The van der Waals surface area contributed by atoms with Gasteiger partial charge in [0.15, 0.2) is 6.61 Å². The van der Waals surface area contributed by atoms with Crippen LogP contribution in [0.1, 0.15) is 46.9 Å². The van der Waals surface area contributed by atoms with Gasteiger partial charge in [-0.3, -0.25) is 4.79 Å². The summed E-state index contributed by atoms with van der Waals surface area (Å²) >= 11 is 0. The summed E-state index contributed by atoms with van der Waals surface area (Å²) in [6, 6.07) is 4.42. The van der Waals surface area contributed by atoms with Gasteiger partial charge in [-0.25, -0.2) is 9.59 Å². The summed E-state index contributed by atoms with van der Waals surface area (Å²) in [7, 11) is 2.49. The van der Waals surface area contributed by atoms with Crippen LogP contribution in [0.15, 0.2) is 18.2 Å². The van der Waals surface area contributed by atoms with Crippen molar-refractivity contribution in [2.75, 3.05) is 27.4 Å². The van der Waals surface area contributed by atoms with E-state index < -0.39 is 11.9 Å². The molecule has 136 valence electrons. The lowest BCUT2D eigenvalue weighted by Gasteiger charge is -2.33. The smallest absolute Gasteiger partial charge is 0.338 e. The lowest BCUT2D eigenvalue weighted by molar-refractivity contribution is -0.136. The number of rotatable bonds is 5. The van der Waals surface area contributed by atoms with Crippen LogP contribution in [0.25, 0.3) is 0 Å². The van der Waals surface area contributed by atoms with Crippen molar-refractivity contribution < 1.29 is 28.6 Å². The first-order valence-electron chi connectivity index (χ1n) is 8.20. The molecule has 0 radical (unpaired) electrons. The SMILES string of the molecule is COC(=O)c1cc(OCC(=O)N2CCCC[C@@H]2C)cc(C(=O)OC)c1. The van der Waals surface area contributed by atoms with E-state index >= 15 is 0 Å². The number of carbonyl (C=O) groups excluding carboxylic acids is 3. The van der Waals surface area contributed by atoms with Crippen LogP contribution in [0.3, 0.4) is 0 Å². The molecule has 7 nitrogen and oxygen atoms in total. The maximum absolute atomic E-state index is 12.3. The van der Waals surface area contributed by atoms with E-state index in [9.17, 15) is 14.4 Å². The van der Waals surface area contributed by atoms with Crippen LogP contribution in [-0.2, 0) is 14.3 Å². The van der Waals surface area contributed by atoms with Crippen LogP contribution in [0, 0.1) is 0 Å². The Hall–Kier alpha value is -2.57. The summed E-state index contributed by atoms with van der Waals surface area (Å²) < 4.78 is 14.9. The van der Waals surface area contributed by atoms with Crippen molar-refractivity contribution in [3.05, 3.63) is 29.3 Å². The molecule has 1 amide bonds. The Morgan fingerprint density at radius 3 is 2.16 bits per heavy atom. The Balaban J connectivity index is 2.13. The average molecular weight is 349 g/mol. The summed E-state index contributed by atoms with van der Waals surface area (Å²) in [6.45, 7) is 2.58. The van der Waals surface area contributed by atoms with E-state index in [4.69, 9.17) is 4.74 Å². The number of benzene rings is 1. The molecule has 7 heteroatoms. The van der Waals surface area contributed by atoms with E-state index in [0.29, 0.717) is 0 Å². The number of hydrogen-bond acceptors (Lipinski definition) is 6. The summed E-state index contributed by atoms with van der Waals surface area (Å²) in [5.41, 5.74) is 0.304. The Labute approximate surface area is 146 Å². The molecule has 1 fully saturated rings. The number of methoxy groups -OCH3 is 2. The van der Waals surface area contributed by atoms with Crippen LogP contribution in [0.2, 0.25) is 0 Å². The van der Waals surface area contributed by atoms with Crippen molar-refractivity contribution in [1.82, 2.24) is 4.90 Å². The topological polar surface area (TPSA) is 82.1 Å². The number of ether oxygens (including phenoxy) is 3. The Kier molecular flexibility index (Phi) is 6.38. The quantitative estimate of drug-likeness (QED) is 0.757. The second kappa shape index (κ2) is 8.50. The maximum atomic E-state index is 12.3. The van der Waals surface area contributed by atoms with Gasteiger partial charge in [-0.15, -0.1) is 0 Å². The van der Waals surface area contributed by atoms with E-state index in [1.165, 1.54) is 32.4 Å². The lowest BCUT2D eigenvalue weighted by Crippen LogP contribution is -2.44. The van der Waals surface area contributed by atoms with E-state index in [-0.39, 0.29) is 35.4 Å². The highest BCUT2D eigenvalue weighted by Crippen LogP contribution is 2.20. The molecule has 0 spiro atoms. The number of likely N-dealkylation sites (tertiary alicyclic amines) is 1. The van der Waals surface area contributed by atoms with Crippen LogP contribution in [-0.4, -0.2) is 56.2 Å². The predicted octanol–water partition coefficient (Wildman–Crippen LogP) is 2.04. The minimum absolute atomic E-state index is 0.115. The van der Waals surface area contributed by atoms with Crippen molar-refractivity contribution in [3.8, 4) is 5.75 Å². The Morgan fingerprint density at radius 2 is 1.64 bits per heavy atom. The fourth-order valence-corrected chi connectivity index (χ4v) is 2.85. The molecule has 0 bridgehead atoms. The first-order valence-corrected chi connectivity index (χ1v) is 8.20. The van der Waals surface area contributed by atoms with E-state index in [2.05, 4.69) is 9.47 Å². The molecule has 0 aliphatic carbocycles. The summed E-state index contributed by atoms with van der Waals surface area (Å²) in [5, 5.41) is 0. The van der Waals surface area contributed by atoms with E-state index in [1.807, 2.05) is 6.92 Å². The van der Waals surface area contributed by atoms with Crippen LogP contribution in [0.4, 0.5) is 0 Å². The van der Waals surface area contributed by atoms with Crippen molar-refractivity contribution in [2.24, 2.45) is 0 Å². The van der Waals surface area contributed by atoms with Gasteiger partial charge in [-0.1, -0.05) is 0 Å². The molecule has 0 aromatic heterocycles. The first kappa shape index (κ1) is 18.8. The Bertz CT molecular complexity index is 623. The van der Waals surface area contributed by atoms with Gasteiger partial charge in [0.25, 0.3) is 5.91 Å². The van der Waals surface area contributed by atoms with E-state index in [1.54, 1.807) is 4.90 Å². The summed E-state index contributed by atoms with van der Waals surface area (Å²) in [5.74, 6) is -1.09. The molecule has 1 aromatic carbocycles. The zero-order valence-corrected chi connectivity index (χ0v) is 14.7. The zero-order chi connectivity index (χ0) is 18.4. The first-order chi connectivity index (χ1) is 12.0. The van der Waals surface area contributed by atoms with Crippen molar-refractivity contribution in [3.63, 3.8) is 0 Å². The van der Waals surface area contributed by atoms with Gasteiger partial charge in [0.05, 0.1) is 25.3 Å². The number of esters is 2. The van der Waals surface area contributed by atoms with Crippen LogP contribution >= 0.6 is 0 Å². The highest BCUT2D eigenvalue weighted by atomic mass is 16.5. The molecule has 25 heavy (non-hydrogen) atoms. The van der Waals surface area contributed by atoms with Crippen molar-refractivity contribution in [2.45, 2.75) is 32.2 Å². The number of hydrogen-bond donors (Lipinski definition) is 0. The minimum Gasteiger partial charge on any atom is -0.484 e. The van der Waals surface area contributed by atoms with Gasteiger partial charge < -0.3 is 19.1 Å². The minimum atomic E-state index is -0.605. The van der Waals surface area contributed by atoms with Crippen molar-refractivity contribution >= 4 is 17.8 Å². The predicted molar refractivity (Wildman–Crippen MR) is 89.6 cm³/mol. The van der Waals surface area contributed by atoms with Gasteiger partial charge in [0.1, 0.15) is 5.75 Å². The summed E-state index contributed by atoms with van der Waals surface area (Å²) in [6.07, 6.45) is 3.09. The molecule has 1 saturated heterocycles. The molecule has 0 saturated carbocycles. The number of nitrogens with zero attached hydrogens (tertiary/aromatic N) is 1. The molecule has 1 atom stereocenters. The van der Waals surface area contributed by atoms with Gasteiger partial charge >= 0.3 is 11.9 Å². The molecule has 2 rings (SSSR count). The third-order valence-electron chi connectivity index (χ3n) is 4.23. The Morgan fingerprint density at radius 1 is 1.04 bits per heavy atom. The fourth-order valence-electron chi connectivity index (χ4n) is 2.85. The lowest BCUT2D eigenvalue weighted by atomic mass is 10.0. The number of piperidine rings is 1. The third kappa shape index (κ3) is 4.71. The van der Waals surface area contributed by atoms with Gasteiger partial charge in [0.2, 0.25) is 0 Å². The standard InChI is InChI=1S/C18H23NO6/c1-12-6-4-5-7-19(12)16(20)11-25-15-9-13(17(21)23-2)8-14(10-15)18(22)24-3/h8-10,12H,4-7,11H2,1-3H3/t12-/m0/s1. The number of carbonyl (C=O) groups is 3. The van der Waals surface area contributed by atoms with Crippen molar-refractivity contribution in [1.29, 1.82) is 0 Å². The monoisotopic (exact) mass is 349 g/mol. The number of amides is 1. The largest absolute Gasteiger partial charge is 0.484 e. The van der Waals surface area contributed by atoms with Gasteiger partial charge in [-0.05, 0) is 44.4 Å². The second-order valence-electron chi connectivity index (χ2n) is 5.95. The molecule has 1 aliphatic rings. The van der Waals surface area contributed by atoms with Gasteiger partial charge in [-0.2, -0.15) is 0 Å². The van der Waals surface area contributed by atoms with Crippen LogP contribution < -0.4 is 4.74 Å². The molecule has 1 heterocycles. The zero-order valence-electron chi connectivity index (χ0n) is 14.7. The molecular formula is C18H23NO6. The second-order valence-corrected chi connectivity index (χ2v) is 5.95. The summed E-state index contributed by atoms with van der Waals surface area (Å²) in [4.78, 5) is 37.7. The maximum Gasteiger partial charge on any atom is 0.338 e. The average Bonchev–Trinajstić information content (AvgIpc) is 2.64. The highest BCUT2D eigenvalue weighted by molar-refractivity contribution is 5.96. The van der Waals surface area contributed by atoms with Crippen LogP contribution in [0.5, 0.6) is 5.75 Å². The molecule has 1 aromatic rings. The van der Waals surface area contributed by atoms with Gasteiger partial charge in [0, 0.05) is 12.6 Å². The molecule has 1 aliphatic heterocycles. The highest BCUT2D eigenvalue weighted by Gasteiger charge is 2.23. The molecular weight excluding hydrogens is 326 g/mol. The fraction of sp³-hybridized carbons (Fsp3) is 0.500. The third-order valence-corrected chi connectivity index (χ3v) is 4.23. The normalized spacial score (nSPS) is 16.9. The molecule has 0 N–H and O–H groups in total. The van der Waals surface area contributed by atoms with E-state index in [0.717, 1.165) is 25.8 Å².